The van der Waals surface area contributed by atoms with E-state index < -0.39 is 16.6 Å². The lowest BCUT2D eigenvalue weighted by molar-refractivity contribution is 0.466. The first-order valence-corrected chi connectivity index (χ1v) is 9.80. The van der Waals surface area contributed by atoms with Gasteiger partial charge in [-0.15, -0.1) is 0 Å². The van der Waals surface area contributed by atoms with E-state index in [0.717, 1.165) is 11.1 Å². The molecule has 4 aromatic carbocycles. The average molecular weight is 398 g/mol. The molecule has 3 N–H and O–H groups in total. The van der Waals surface area contributed by atoms with Gasteiger partial charge in [-0.05, 0) is 35.7 Å². The van der Waals surface area contributed by atoms with E-state index in [1.54, 1.807) is 6.07 Å². The number of rotatable bonds is 7. The Hall–Kier alpha value is -3.70. The maximum atomic E-state index is 11.7. The van der Waals surface area contributed by atoms with Crippen LogP contribution in [0, 0.1) is 0 Å². The third-order valence-electron chi connectivity index (χ3n) is 5.22. The topological polar surface area (TPSA) is 78.4 Å². The summed E-state index contributed by atoms with van der Waals surface area (Å²) in [6.07, 6.45) is 0. The third-order valence-corrected chi connectivity index (χ3v) is 5.22. The largest absolute Gasteiger partial charge is 0.502 e. The van der Waals surface area contributed by atoms with E-state index in [4.69, 9.17) is 0 Å². The second kappa shape index (κ2) is 8.35. The number of anilines is 2. The van der Waals surface area contributed by atoms with Gasteiger partial charge in [0.1, 0.15) is 5.69 Å². The highest BCUT2D eigenvalue weighted by Gasteiger charge is 2.21. The Labute approximate surface area is 174 Å². The molecule has 0 heterocycles. The van der Waals surface area contributed by atoms with E-state index in [9.17, 15) is 14.7 Å². The Morgan fingerprint density at radius 1 is 0.733 bits per heavy atom. The van der Waals surface area contributed by atoms with Gasteiger partial charge in [0, 0.05) is 11.7 Å². The van der Waals surface area contributed by atoms with Crippen LogP contribution >= 0.6 is 0 Å². The van der Waals surface area contributed by atoms with Crippen molar-refractivity contribution in [2.75, 3.05) is 5.32 Å². The lowest BCUT2D eigenvalue weighted by Crippen LogP contribution is -2.32. The lowest BCUT2D eigenvalue weighted by atomic mass is 9.96. The zero-order valence-corrected chi connectivity index (χ0v) is 16.5. The molecule has 0 bridgehead atoms. The molecule has 2 atom stereocenters. The summed E-state index contributed by atoms with van der Waals surface area (Å²) in [5.41, 5.74) is 2.30. The highest BCUT2D eigenvalue weighted by molar-refractivity contribution is 5.69. The van der Waals surface area contributed by atoms with Gasteiger partial charge in [-0.1, -0.05) is 72.8 Å². The molecule has 0 radical (unpaired) electrons. The highest BCUT2D eigenvalue weighted by atomic mass is 16.3. The van der Waals surface area contributed by atoms with E-state index in [-0.39, 0.29) is 17.8 Å². The number of aromatic hydroxyl groups is 1. The van der Waals surface area contributed by atoms with Crippen LogP contribution in [0.1, 0.15) is 35.7 Å². The smallest absolute Gasteiger partial charge is 0.271 e. The Balaban J connectivity index is 1.66. The molecule has 5 heteroatoms. The molecule has 0 aliphatic heterocycles. The molecule has 4 rings (SSSR count). The van der Waals surface area contributed by atoms with Crippen molar-refractivity contribution >= 4 is 11.4 Å². The minimum Gasteiger partial charge on any atom is -0.502 e. The van der Waals surface area contributed by atoms with E-state index in [2.05, 4.69) is 41.8 Å². The number of benzene rings is 3. The van der Waals surface area contributed by atoms with E-state index in [1.165, 1.54) is 5.56 Å². The highest BCUT2D eigenvalue weighted by Crippen LogP contribution is 2.29. The van der Waals surface area contributed by atoms with Crippen molar-refractivity contribution in [1.29, 1.82) is 0 Å². The summed E-state index contributed by atoms with van der Waals surface area (Å²) in [6, 6.07) is 27.9. The van der Waals surface area contributed by atoms with Crippen molar-refractivity contribution < 1.29 is 5.11 Å². The molecule has 0 aromatic heterocycles. The van der Waals surface area contributed by atoms with Gasteiger partial charge in [-0.3, -0.25) is 14.9 Å². The Morgan fingerprint density at radius 3 is 1.97 bits per heavy atom. The summed E-state index contributed by atoms with van der Waals surface area (Å²) < 4.78 is 0. The molecule has 0 aliphatic carbocycles. The fourth-order valence-electron chi connectivity index (χ4n) is 3.55. The second-order valence-electron chi connectivity index (χ2n) is 7.28. The Morgan fingerprint density at radius 2 is 1.33 bits per heavy atom. The van der Waals surface area contributed by atoms with Crippen molar-refractivity contribution in [2.24, 2.45) is 0 Å². The number of nitrogens with one attached hydrogen (secondary N) is 2. The summed E-state index contributed by atoms with van der Waals surface area (Å²) in [7, 11) is 0. The Bertz CT molecular complexity index is 1210. The SMILES string of the molecule is C[C@@H](NC(c1ccccc1)c1cccc(Nc2c(O)c(=O)c2=O)c1)c1ccccc1. The molecular weight excluding hydrogens is 376 g/mol. The standard InChI is InChI=1S/C25H22N2O3/c1-16(17-9-4-2-5-10-17)26-21(18-11-6-3-7-12-18)19-13-8-14-20(15-19)27-22-23(28)25(30)24(22)29/h2-16,21,26-28H,1H3/t16-,21?/m1/s1. The van der Waals surface area contributed by atoms with Crippen molar-refractivity contribution in [3.63, 3.8) is 0 Å². The van der Waals surface area contributed by atoms with Crippen molar-refractivity contribution in [1.82, 2.24) is 5.32 Å². The van der Waals surface area contributed by atoms with Crippen LogP contribution in [0.3, 0.4) is 0 Å². The zero-order chi connectivity index (χ0) is 21.1. The molecule has 0 aliphatic rings. The molecule has 0 fully saturated rings. The summed E-state index contributed by atoms with van der Waals surface area (Å²) in [4.78, 5) is 22.9. The van der Waals surface area contributed by atoms with Gasteiger partial charge in [-0.2, -0.15) is 0 Å². The lowest BCUT2D eigenvalue weighted by Gasteiger charge is -2.25. The van der Waals surface area contributed by atoms with Gasteiger partial charge >= 0.3 is 0 Å². The predicted molar refractivity (Wildman–Crippen MR) is 119 cm³/mol. The monoisotopic (exact) mass is 398 g/mol. The maximum absolute atomic E-state index is 11.7. The molecular formula is C25H22N2O3. The van der Waals surface area contributed by atoms with E-state index in [0.29, 0.717) is 5.69 Å². The van der Waals surface area contributed by atoms with Crippen LogP contribution in [0.15, 0.2) is 94.5 Å². The second-order valence-corrected chi connectivity index (χ2v) is 7.28. The van der Waals surface area contributed by atoms with Crippen LogP contribution in [0.25, 0.3) is 0 Å². The minimum absolute atomic E-state index is 0.0565. The third kappa shape index (κ3) is 3.88. The van der Waals surface area contributed by atoms with Gasteiger partial charge in [0.15, 0.2) is 5.75 Å². The first kappa shape index (κ1) is 19.6. The molecule has 0 amide bonds. The fourth-order valence-corrected chi connectivity index (χ4v) is 3.55. The first-order valence-electron chi connectivity index (χ1n) is 9.80. The minimum atomic E-state index is -0.853. The van der Waals surface area contributed by atoms with Crippen molar-refractivity contribution in [3.05, 3.63) is 122 Å². The van der Waals surface area contributed by atoms with Crippen molar-refractivity contribution in [2.45, 2.75) is 19.0 Å². The van der Waals surface area contributed by atoms with Gasteiger partial charge in [0.05, 0.1) is 6.04 Å². The zero-order valence-electron chi connectivity index (χ0n) is 16.5. The molecule has 0 spiro atoms. The molecule has 5 nitrogen and oxygen atoms in total. The van der Waals surface area contributed by atoms with E-state index >= 15 is 0 Å². The normalized spacial score (nSPS) is 13.1. The summed E-state index contributed by atoms with van der Waals surface area (Å²) >= 11 is 0. The van der Waals surface area contributed by atoms with E-state index in [1.807, 2.05) is 54.6 Å². The van der Waals surface area contributed by atoms with Gasteiger partial charge in [0.25, 0.3) is 10.9 Å². The van der Waals surface area contributed by atoms with Crippen LogP contribution in [0.5, 0.6) is 5.75 Å². The van der Waals surface area contributed by atoms with Gasteiger partial charge < -0.3 is 10.4 Å². The molecule has 0 saturated carbocycles. The maximum Gasteiger partial charge on any atom is 0.271 e. The molecule has 0 saturated heterocycles. The van der Waals surface area contributed by atoms with Crippen LogP contribution in [-0.2, 0) is 0 Å². The van der Waals surface area contributed by atoms with Crippen molar-refractivity contribution in [3.8, 4) is 5.75 Å². The van der Waals surface area contributed by atoms with Gasteiger partial charge in [0.2, 0.25) is 0 Å². The number of hydrogen-bond acceptors (Lipinski definition) is 5. The summed E-state index contributed by atoms with van der Waals surface area (Å²) in [6.45, 7) is 2.12. The van der Waals surface area contributed by atoms with Gasteiger partial charge in [-0.25, -0.2) is 0 Å². The fraction of sp³-hybridized carbons (Fsp3) is 0.120. The van der Waals surface area contributed by atoms with Crippen LogP contribution < -0.4 is 21.5 Å². The molecule has 30 heavy (non-hydrogen) atoms. The van der Waals surface area contributed by atoms with Crippen LogP contribution in [-0.4, -0.2) is 5.11 Å². The van der Waals surface area contributed by atoms with Crippen LogP contribution in [0.2, 0.25) is 0 Å². The summed E-state index contributed by atoms with van der Waals surface area (Å²) in [5.74, 6) is -0.513. The summed E-state index contributed by atoms with van der Waals surface area (Å²) in [5, 5.41) is 16.2. The van der Waals surface area contributed by atoms with Crippen LogP contribution in [0.4, 0.5) is 11.4 Å². The quantitative estimate of drug-likeness (QED) is 0.407. The first-order chi connectivity index (χ1) is 14.5. The number of hydrogen-bond donors (Lipinski definition) is 3. The average Bonchev–Trinajstić information content (AvgIpc) is 2.81. The molecule has 150 valence electrons. The predicted octanol–water partition coefficient (Wildman–Crippen LogP) is 4.17. The Kier molecular flexibility index (Phi) is 5.46. The molecule has 1 unspecified atom stereocenters. The molecule has 4 aromatic rings.